The molecule has 21 heavy (non-hydrogen) atoms. The minimum Gasteiger partial charge on any atom is -0.457 e. The van der Waals surface area contributed by atoms with Crippen molar-refractivity contribution in [2.24, 2.45) is 0 Å². The van der Waals surface area contributed by atoms with Crippen LogP contribution in [0.15, 0.2) is 40.9 Å². The number of benzene rings is 2. The van der Waals surface area contributed by atoms with Gasteiger partial charge in [0, 0.05) is 17.1 Å². The van der Waals surface area contributed by atoms with Crippen molar-refractivity contribution in [1.82, 2.24) is 5.32 Å². The number of rotatable bonds is 5. The van der Waals surface area contributed by atoms with Crippen molar-refractivity contribution >= 4 is 15.9 Å². The first-order valence-electron chi connectivity index (χ1n) is 7.22. The lowest BCUT2D eigenvalue weighted by molar-refractivity contribution is 0.474. The Morgan fingerprint density at radius 1 is 1.00 bits per heavy atom. The average Bonchev–Trinajstić information content (AvgIpc) is 2.43. The maximum Gasteiger partial charge on any atom is 0.131 e. The topological polar surface area (TPSA) is 21.3 Å². The van der Waals surface area contributed by atoms with E-state index in [0.29, 0.717) is 6.04 Å². The summed E-state index contributed by atoms with van der Waals surface area (Å²) in [6, 6.07) is 12.9. The highest BCUT2D eigenvalue weighted by atomic mass is 79.9. The monoisotopic (exact) mass is 347 g/mol. The van der Waals surface area contributed by atoms with Gasteiger partial charge in [-0.3, -0.25) is 0 Å². The highest BCUT2D eigenvalue weighted by Gasteiger charge is 2.06. The van der Waals surface area contributed by atoms with Gasteiger partial charge in [0.15, 0.2) is 0 Å². The van der Waals surface area contributed by atoms with E-state index in [9.17, 15) is 0 Å². The highest BCUT2D eigenvalue weighted by Crippen LogP contribution is 2.30. The lowest BCUT2D eigenvalue weighted by Gasteiger charge is -2.13. The van der Waals surface area contributed by atoms with Crippen molar-refractivity contribution in [2.45, 2.75) is 40.3 Å². The zero-order valence-electron chi connectivity index (χ0n) is 13.0. The molecular formula is C18H22BrNO. The van der Waals surface area contributed by atoms with Gasteiger partial charge in [-0.25, -0.2) is 0 Å². The first-order chi connectivity index (χ1) is 9.95. The van der Waals surface area contributed by atoms with Gasteiger partial charge in [-0.15, -0.1) is 0 Å². The largest absolute Gasteiger partial charge is 0.457 e. The van der Waals surface area contributed by atoms with Gasteiger partial charge in [-0.05, 0) is 48.7 Å². The molecule has 2 aromatic carbocycles. The van der Waals surface area contributed by atoms with Gasteiger partial charge in [0.05, 0.1) is 0 Å². The molecule has 0 atom stereocenters. The van der Waals surface area contributed by atoms with E-state index in [1.165, 1.54) is 5.56 Å². The predicted molar refractivity (Wildman–Crippen MR) is 92.1 cm³/mol. The van der Waals surface area contributed by atoms with Crippen molar-refractivity contribution in [3.63, 3.8) is 0 Å². The Balaban J connectivity index is 2.15. The van der Waals surface area contributed by atoms with Crippen LogP contribution >= 0.6 is 15.9 Å². The summed E-state index contributed by atoms with van der Waals surface area (Å²) in [5, 5.41) is 3.43. The van der Waals surface area contributed by atoms with E-state index < -0.39 is 0 Å². The summed E-state index contributed by atoms with van der Waals surface area (Å²) >= 11 is 3.49. The average molecular weight is 348 g/mol. The second-order valence-corrected chi connectivity index (χ2v) is 6.56. The summed E-state index contributed by atoms with van der Waals surface area (Å²) in [4.78, 5) is 0. The van der Waals surface area contributed by atoms with Crippen LogP contribution in [-0.4, -0.2) is 6.04 Å². The minimum absolute atomic E-state index is 0.491. The molecule has 0 aliphatic carbocycles. The van der Waals surface area contributed by atoms with Crippen LogP contribution in [0.4, 0.5) is 0 Å². The number of hydrogen-bond acceptors (Lipinski definition) is 2. The Bertz CT molecular complexity index is 623. The number of hydrogen-bond donors (Lipinski definition) is 1. The zero-order valence-corrected chi connectivity index (χ0v) is 14.6. The summed E-state index contributed by atoms with van der Waals surface area (Å²) in [6.07, 6.45) is 0. The Morgan fingerprint density at radius 3 is 2.43 bits per heavy atom. The molecule has 0 spiro atoms. The maximum atomic E-state index is 6.05. The van der Waals surface area contributed by atoms with Crippen molar-refractivity contribution < 1.29 is 4.74 Å². The van der Waals surface area contributed by atoms with E-state index in [2.05, 4.69) is 67.1 Å². The van der Waals surface area contributed by atoms with E-state index in [-0.39, 0.29) is 0 Å². The lowest BCUT2D eigenvalue weighted by atomic mass is 10.1. The molecule has 2 rings (SSSR count). The SMILES string of the molecule is Cc1cc(CNC(C)C)ccc1Oc1cc(Br)ccc1C. The quantitative estimate of drug-likeness (QED) is 0.786. The first kappa shape index (κ1) is 16.1. The molecule has 112 valence electrons. The summed E-state index contributed by atoms with van der Waals surface area (Å²) in [6.45, 7) is 9.33. The fraction of sp³-hybridized carbons (Fsp3) is 0.333. The van der Waals surface area contributed by atoms with Crippen LogP contribution in [0.2, 0.25) is 0 Å². The molecule has 3 heteroatoms. The van der Waals surface area contributed by atoms with Gasteiger partial charge in [-0.2, -0.15) is 0 Å². The Labute approximate surface area is 135 Å². The number of aryl methyl sites for hydroxylation is 2. The third kappa shape index (κ3) is 4.58. The van der Waals surface area contributed by atoms with Crippen molar-refractivity contribution in [3.05, 3.63) is 57.6 Å². The fourth-order valence-corrected chi connectivity index (χ4v) is 2.40. The minimum atomic E-state index is 0.491. The van der Waals surface area contributed by atoms with Crippen LogP contribution < -0.4 is 10.1 Å². The van der Waals surface area contributed by atoms with Gasteiger partial charge in [0.1, 0.15) is 11.5 Å². The van der Waals surface area contributed by atoms with E-state index in [1.807, 2.05) is 18.2 Å². The third-order valence-corrected chi connectivity index (χ3v) is 3.82. The zero-order chi connectivity index (χ0) is 15.4. The van der Waals surface area contributed by atoms with E-state index in [1.54, 1.807) is 0 Å². The number of halogens is 1. The second kappa shape index (κ2) is 7.10. The summed E-state index contributed by atoms with van der Waals surface area (Å²) in [7, 11) is 0. The molecule has 0 aromatic heterocycles. The van der Waals surface area contributed by atoms with E-state index in [0.717, 1.165) is 33.6 Å². The van der Waals surface area contributed by atoms with E-state index in [4.69, 9.17) is 4.74 Å². The second-order valence-electron chi connectivity index (χ2n) is 5.65. The van der Waals surface area contributed by atoms with Gasteiger partial charge in [0.25, 0.3) is 0 Å². The van der Waals surface area contributed by atoms with Crippen LogP contribution in [0, 0.1) is 13.8 Å². The van der Waals surface area contributed by atoms with E-state index >= 15 is 0 Å². The van der Waals surface area contributed by atoms with Crippen LogP contribution in [0.3, 0.4) is 0 Å². The Hall–Kier alpha value is -1.32. The van der Waals surface area contributed by atoms with Crippen LogP contribution in [0.25, 0.3) is 0 Å². The van der Waals surface area contributed by atoms with Crippen LogP contribution in [0.1, 0.15) is 30.5 Å². The predicted octanol–water partition coefficient (Wildman–Crippen LogP) is 5.36. The van der Waals surface area contributed by atoms with Crippen LogP contribution in [-0.2, 0) is 6.54 Å². The molecule has 0 bridgehead atoms. The molecule has 0 radical (unpaired) electrons. The molecule has 0 saturated heterocycles. The molecule has 0 unspecified atom stereocenters. The first-order valence-corrected chi connectivity index (χ1v) is 8.02. The molecule has 2 nitrogen and oxygen atoms in total. The number of ether oxygens (including phenoxy) is 1. The maximum absolute atomic E-state index is 6.05. The molecule has 0 aliphatic rings. The lowest BCUT2D eigenvalue weighted by Crippen LogP contribution is -2.21. The van der Waals surface area contributed by atoms with Crippen molar-refractivity contribution in [3.8, 4) is 11.5 Å². The molecule has 0 aliphatic heterocycles. The molecule has 0 heterocycles. The Morgan fingerprint density at radius 2 is 1.76 bits per heavy atom. The summed E-state index contributed by atoms with van der Waals surface area (Å²) < 4.78 is 7.08. The highest BCUT2D eigenvalue weighted by molar-refractivity contribution is 9.10. The molecule has 0 saturated carbocycles. The molecule has 0 amide bonds. The summed E-state index contributed by atoms with van der Waals surface area (Å²) in [5.74, 6) is 1.80. The molecule has 1 N–H and O–H groups in total. The molecule has 2 aromatic rings. The van der Waals surface area contributed by atoms with Gasteiger partial charge in [0.2, 0.25) is 0 Å². The fourth-order valence-electron chi connectivity index (χ4n) is 2.06. The smallest absolute Gasteiger partial charge is 0.131 e. The third-order valence-electron chi connectivity index (χ3n) is 3.32. The molecular weight excluding hydrogens is 326 g/mol. The van der Waals surface area contributed by atoms with Gasteiger partial charge < -0.3 is 10.1 Å². The Kier molecular flexibility index (Phi) is 5.43. The molecule has 0 fully saturated rings. The van der Waals surface area contributed by atoms with Crippen molar-refractivity contribution in [2.75, 3.05) is 0 Å². The van der Waals surface area contributed by atoms with Crippen LogP contribution in [0.5, 0.6) is 11.5 Å². The normalized spacial score (nSPS) is 11.0. The van der Waals surface area contributed by atoms with Crippen molar-refractivity contribution in [1.29, 1.82) is 0 Å². The number of nitrogens with one attached hydrogen (secondary N) is 1. The van der Waals surface area contributed by atoms with Gasteiger partial charge >= 0.3 is 0 Å². The standard InChI is InChI=1S/C18H22BrNO/c1-12(2)20-11-15-6-8-17(14(4)9-15)21-18-10-16(19)7-5-13(18)3/h5-10,12,20H,11H2,1-4H3. The summed E-state index contributed by atoms with van der Waals surface area (Å²) in [5.41, 5.74) is 3.56. The van der Waals surface area contributed by atoms with Gasteiger partial charge in [-0.1, -0.05) is 48.0 Å².